The molecular weight excluding hydrogens is 282 g/mol. The summed E-state index contributed by atoms with van der Waals surface area (Å²) in [5.41, 5.74) is 0. The fraction of sp³-hybridized carbons (Fsp3) is 0.286. The second-order valence-electron chi connectivity index (χ2n) is 4.86. The van der Waals surface area contributed by atoms with Crippen LogP contribution in [0.15, 0.2) is 47.4 Å². The van der Waals surface area contributed by atoms with Crippen molar-refractivity contribution < 1.29 is 8.42 Å². The zero-order valence-corrected chi connectivity index (χ0v) is 11.8. The Morgan fingerprint density at radius 1 is 1.05 bits per heavy atom. The molecule has 0 radical (unpaired) electrons. The number of hydrogen-bond acceptors (Lipinski definition) is 2. The number of nitrogens with one attached hydrogen (secondary N) is 1. The van der Waals surface area contributed by atoms with Crippen molar-refractivity contribution in [2.45, 2.75) is 29.2 Å². The van der Waals surface area contributed by atoms with E-state index in [1.807, 2.05) is 30.3 Å². The molecule has 3 rings (SSSR count). The summed E-state index contributed by atoms with van der Waals surface area (Å²) in [5.74, 6) is 0. The molecule has 1 aliphatic carbocycles. The number of sulfonamides is 1. The SMILES string of the molecule is O=S(=O)(NC1CC(Cl)C1)c1cccc2ccccc12. The quantitative estimate of drug-likeness (QED) is 0.885. The molecule has 0 atom stereocenters. The van der Waals surface area contributed by atoms with Crippen molar-refractivity contribution in [2.75, 3.05) is 0 Å². The Morgan fingerprint density at radius 2 is 1.74 bits per heavy atom. The van der Waals surface area contributed by atoms with E-state index in [1.54, 1.807) is 12.1 Å². The van der Waals surface area contributed by atoms with E-state index >= 15 is 0 Å². The van der Waals surface area contributed by atoms with Crippen molar-refractivity contribution >= 4 is 32.4 Å². The summed E-state index contributed by atoms with van der Waals surface area (Å²) in [4.78, 5) is 0.337. The molecule has 100 valence electrons. The Bertz CT molecular complexity index is 703. The molecule has 1 aliphatic rings. The molecule has 2 aromatic rings. The van der Waals surface area contributed by atoms with Crippen LogP contribution in [0.5, 0.6) is 0 Å². The zero-order valence-electron chi connectivity index (χ0n) is 10.2. The van der Waals surface area contributed by atoms with Gasteiger partial charge in [-0.3, -0.25) is 0 Å². The summed E-state index contributed by atoms with van der Waals surface area (Å²) in [6.07, 6.45) is 1.40. The van der Waals surface area contributed by atoms with Crippen LogP contribution >= 0.6 is 11.6 Å². The maximum atomic E-state index is 12.4. The molecule has 0 spiro atoms. The molecule has 1 N–H and O–H groups in total. The van der Waals surface area contributed by atoms with Gasteiger partial charge in [-0.15, -0.1) is 11.6 Å². The van der Waals surface area contributed by atoms with Crippen LogP contribution < -0.4 is 4.72 Å². The summed E-state index contributed by atoms with van der Waals surface area (Å²) >= 11 is 5.88. The number of halogens is 1. The summed E-state index contributed by atoms with van der Waals surface area (Å²) < 4.78 is 27.5. The van der Waals surface area contributed by atoms with Crippen molar-refractivity contribution in [2.24, 2.45) is 0 Å². The first-order chi connectivity index (χ1) is 9.06. The first-order valence-corrected chi connectivity index (χ1v) is 8.12. The van der Waals surface area contributed by atoms with Crippen molar-refractivity contribution in [3.8, 4) is 0 Å². The minimum Gasteiger partial charge on any atom is -0.208 e. The van der Waals surface area contributed by atoms with Gasteiger partial charge in [-0.1, -0.05) is 36.4 Å². The van der Waals surface area contributed by atoms with Crippen molar-refractivity contribution in [1.29, 1.82) is 0 Å². The predicted molar refractivity (Wildman–Crippen MR) is 76.9 cm³/mol. The highest BCUT2D eigenvalue weighted by Crippen LogP contribution is 2.28. The van der Waals surface area contributed by atoms with Crippen LogP contribution in [0.25, 0.3) is 10.8 Å². The van der Waals surface area contributed by atoms with E-state index in [2.05, 4.69) is 4.72 Å². The van der Waals surface area contributed by atoms with Crippen LogP contribution in [0.4, 0.5) is 0 Å². The molecule has 19 heavy (non-hydrogen) atoms. The third-order valence-corrected chi connectivity index (χ3v) is 5.38. The fourth-order valence-corrected chi connectivity index (χ4v) is 4.28. The molecule has 5 heteroatoms. The average molecular weight is 296 g/mol. The molecule has 3 nitrogen and oxygen atoms in total. The van der Waals surface area contributed by atoms with E-state index in [1.165, 1.54) is 0 Å². The number of rotatable bonds is 3. The van der Waals surface area contributed by atoms with Gasteiger partial charge >= 0.3 is 0 Å². The van der Waals surface area contributed by atoms with E-state index < -0.39 is 10.0 Å². The zero-order chi connectivity index (χ0) is 13.5. The van der Waals surface area contributed by atoms with Gasteiger partial charge in [0.05, 0.1) is 4.90 Å². The van der Waals surface area contributed by atoms with Crippen LogP contribution in [-0.2, 0) is 10.0 Å². The predicted octanol–water partition coefficient (Wildman–Crippen LogP) is 2.89. The lowest BCUT2D eigenvalue weighted by Crippen LogP contribution is -2.44. The monoisotopic (exact) mass is 295 g/mol. The van der Waals surface area contributed by atoms with E-state index in [4.69, 9.17) is 11.6 Å². The third-order valence-electron chi connectivity index (χ3n) is 3.44. The second kappa shape index (κ2) is 4.78. The van der Waals surface area contributed by atoms with E-state index in [9.17, 15) is 8.42 Å². The Balaban J connectivity index is 1.99. The van der Waals surface area contributed by atoms with E-state index in [0.717, 1.165) is 10.8 Å². The van der Waals surface area contributed by atoms with Crippen LogP contribution in [-0.4, -0.2) is 19.8 Å². The summed E-state index contributed by atoms with van der Waals surface area (Å²) in [7, 11) is -3.48. The molecule has 0 heterocycles. The highest BCUT2D eigenvalue weighted by Gasteiger charge is 2.31. The highest BCUT2D eigenvalue weighted by atomic mass is 35.5. The van der Waals surface area contributed by atoms with Crippen LogP contribution in [0.1, 0.15) is 12.8 Å². The summed E-state index contributed by atoms with van der Waals surface area (Å²) in [6, 6.07) is 12.8. The molecule has 0 amide bonds. The lowest BCUT2D eigenvalue weighted by molar-refractivity contribution is 0.391. The van der Waals surface area contributed by atoms with Crippen molar-refractivity contribution in [3.63, 3.8) is 0 Å². The fourth-order valence-electron chi connectivity index (χ4n) is 2.36. The van der Waals surface area contributed by atoms with E-state index in [0.29, 0.717) is 17.7 Å². The molecule has 0 bridgehead atoms. The Morgan fingerprint density at radius 3 is 2.47 bits per heavy atom. The molecule has 0 unspecified atom stereocenters. The third kappa shape index (κ3) is 2.48. The minimum absolute atomic E-state index is 0.0357. The van der Waals surface area contributed by atoms with Gasteiger partial charge in [0.2, 0.25) is 10.0 Å². The number of fused-ring (bicyclic) bond motifs is 1. The van der Waals surface area contributed by atoms with Gasteiger partial charge in [0.1, 0.15) is 0 Å². The van der Waals surface area contributed by atoms with Gasteiger partial charge in [-0.2, -0.15) is 0 Å². The lowest BCUT2D eigenvalue weighted by atomic mass is 9.94. The van der Waals surface area contributed by atoms with Gasteiger partial charge in [-0.25, -0.2) is 13.1 Å². The van der Waals surface area contributed by atoms with E-state index in [-0.39, 0.29) is 11.4 Å². The average Bonchev–Trinajstić information content (AvgIpc) is 2.36. The normalized spacial score (nSPS) is 23.2. The number of hydrogen-bond donors (Lipinski definition) is 1. The van der Waals surface area contributed by atoms with Gasteiger partial charge in [-0.05, 0) is 24.3 Å². The highest BCUT2D eigenvalue weighted by molar-refractivity contribution is 7.89. The molecule has 0 saturated heterocycles. The Hall–Kier alpha value is -1.10. The summed E-state index contributed by atoms with van der Waals surface area (Å²) in [5, 5.41) is 1.77. The standard InChI is InChI=1S/C14H14ClNO2S/c15-11-8-12(9-11)16-19(17,18)14-7-3-5-10-4-1-2-6-13(10)14/h1-7,11-12,16H,8-9H2. The topological polar surface area (TPSA) is 46.2 Å². The van der Waals surface area contributed by atoms with Crippen LogP contribution in [0.3, 0.4) is 0 Å². The maximum Gasteiger partial charge on any atom is 0.241 e. The van der Waals surface area contributed by atoms with Gasteiger partial charge in [0.25, 0.3) is 0 Å². The molecule has 1 fully saturated rings. The van der Waals surface area contributed by atoms with Gasteiger partial charge < -0.3 is 0 Å². The van der Waals surface area contributed by atoms with Crippen molar-refractivity contribution in [3.05, 3.63) is 42.5 Å². The molecule has 1 saturated carbocycles. The Kier molecular flexibility index (Phi) is 3.25. The van der Waals surface area contributed by atoms with Crippen molar-refractivity contribution in [1.82, 2.24) is 4.72 Å². The summed E-state index contributed by atoms with van der Waals surface area (Å²) in [6.45, 7) is 0. The van der Waals surface area contributed by atoms with Crippen LogP contribution in [0, 0.1) is 0 Å². The lowest BCUT2D eigenvalue weighted by Gasteiger charge is -2.31. The smallest absolute Gasteiger partial charge is 0.208 e. The molecule has 2 aromatic carbocycles. The van der Waals surface area contributed by atoms with Crippen LogP contribution in [0.2, 0.25) is 0 Å². The number of benzene rings is 2. The minimum atomic E-state index is -3.48. The Labute approximate surface area is 117 Å². The molecular formula is C14H14ClNO2S. The van der Waals surface area contributed by atoms with Gasteiger partial charge in [0.15, 0.2) is 0 Å². The first-order valence-electron chi connectivity index (χ1n) is 6.20. The maximum absolute atomic E-state index is 12.4. The largest absolute Gasteiger partial charge is 0.241 e. The molecule has 0 aromatic heterocycles. The molecule has 0 aliphatic heterocycles. The number of alkyl halides is 1. The second-order valence-corrected chi connectivity index (χ2v) is 7.16. The van der Waals surface area contributed by atoms with Gasteiger partial charge in [0, 0.05) is 16.8 Å². The first kappa shape index (κ1) is 12.9.